The molecule has 1 aromatic rings. The number of hydrogen-bond acceptors (Lipinski definition) is 8. The minimum absolute atomic E-state index is 0.0300. The smallest absolute Gasteiger partial charge is 0.355 e. The van der Waals surface area contributed by atoms with Crippen molar-refractivity contribution >= 4 is 17.8 Å². The Hall–Kier alpha value is -2.70. The molecule has 0 aliphatic carbocycles. The van der Waals surface area contributed by atoms with Crippen molar-refractivity contribution in [3.8, 4) is 11.5 Å². The number of esters is 1. The number of carbonyl (C=O) groups excluding carboxylic acids is 3. The lowest BCUT2D eigenvalue weighted by molar-refractivity contribution is -0.156. The lowest BCUT2D eigenvalue weighted by Gasteiger charge is -2.21. The Morgan fingerprint density at radius 3 is 2.27 bits per heavy atom. The third-order valence-corrected chi connectivity index (χ3v) is 2.84. The van der Waals surface area contributed by atoms with E-state index in [0.29, 0.717) is 5.75 Å². The molecule has 0 saturated heterocycles. The van der Waals surface area contributed by atoms with E-state index in [2.05, 4.69) is 4.99 Å². The number of rotatable bonds is 10. The zero-order valence-electron chi connectivity index (χ0n) is 15.3. The molecule has 142 valence electrons. The summed E-state index contributed by atoms with van der Waals surface area (Å²) in [4.78, 5) is 37.5. The molecular formula is C18H23NO7. The van der Waals surface area contributed by atoms with Crippen LogP contribution >= 0.6 is 0 Å². The molecule has 0 N–H and O–H groups in total. The molecule has 1 aromatic carbocycles. The Morgan fingerprint density at radius 1 is 1.12 bits per heavy atom. The highest BCUT2D eigenvalue weighted by atomic mass is 16.6. The van der Waals surface area contributed by atoms with E-state index in [1.165, 1.54) is 13.2 Å². The van der Waals surface area contributed by atoms with Crippen LogP contribution < -0.4 is 9.47 Å². The van der Waals surface area contributed by atoms with Crippen LogP contribution in [-0.4, -0.2) is 56.4 Å². The fourth-order valence-electron chi connectivity index (χ4n) is 1.82. The van der Waals surface area contributed by atoms with E-state index < -0.39 is 24.4 Å². The van der Waals surface area contributed by atoms with Gasteiger partial charge in [0.25, 0.3) is 6.10 Å². The van der Waals surface area contributed by atoms with Gasteiger partial charge in [-0.05, 0) is 45.0 Å². The zero-order valence-corrected chi connectivity index (χ0v) is 15.3. The van der Waals surface area contributed by atoms with Crippen LogP contribution in [0.1, 0.15) is 20.8 Å². The SMILES string of the molecule is COCCOC(=O)C(Oc1ccc(OC(C)(C)C)cc1)C(=O)CN=C=O. The maximum absolute atomic E-state index is 12.1. The lowest BCUT2D eigenvalue weighted by Crippen LogP contribution is -2.39. The predicted molar refractivity (Wildman–Crippen MR) is 92.1 cm³/mol. The van der Waals surface area contributed by atoms with Crippen molar-refractivity contribution < 1.29 is 33.3 Å². The summed E-state index contributed by atoms with van der Waals surface area (Å²) in [6.07, 6.45) is -0.296. The number of ether oxygens (including phenoxy) is 4. The number of aliphatic imine (C=N–C) groups is 1. The minimum Gasteiger partial charge on any atom is -0.488 e. The second-order valence-corrected chi connectivity index (χ2v) is 6.22. The summed E-state index contributed by atoms with van der Waals surface area (Å²) < 4.78 is 20.8. The summed E-state index contributed by atoms with van der Waals surface area (Å²) in [5.41, 5.74) is -0.362. The standard InChI is InChI=1S/C18H23NO7/c1-18(2,3)26-14-7-5-13(6-8-14)25-16(15(21)11-19-12-20)17(22)24-10-9-23-4/h5-8,16H,9-11H2,1-4H3. The highest BCUT2D eigenvalue weighted by Crippen LogP contribution is 2.22. The summed E-state index contributed by atoms with van der Waals surface area (Å²) in [6.45, 7) is 5.36. The number of hydrogen-bond donors (Lipinski definition) is 0. The van der Waals surface area contributed by atoms with Gasteiger partial charge >= 0.3 is 5.97 Å². The fourth-order valence-corrected chi connectivity index (χ4v) is 1.82. The number of carbonyl (C=O) groups is 2. The Balaban J connectivity index is 2.85. The average molecular weight is 365 g/mol. The number of isocyanates is 1. The molecule has 0 bridgehead atoms. The van der Waals surface area contributed by atoms with Crippen molar-refractivity contribution in [1.29, 1.82) is 0 Å². The van der Waals surface area contributed by atoms with Crippen molar-refractivity contribution in [2.75, 3.05) is 26.9 Å². The lowest BCUT2D eigenvalue weighted by atomic mass is 10.2. The molecular weight excluding hydrogens is 342 g/mol. The molecule has 0 aliphatic heterocycles. The van der Waals surface area contributed by atoms with E-state index in [1.807, 2.05) is 20.8 Å². The molecule has 0 amide bonds. The van der Waals surface area contributed by atoms with Gasteiger partial charge in [0.15, 0.2) is 0 Å². The molecule has 1 rings (SSSR count). The van der Waals surface area contributed by atoms with Gasteiger partial charge in [-0.1, -0.05) is 0 Å². The van der Waals surface area contributed by atoms with Crippen molar-refractivity contribution in [3.05, 3.63) is 24.3 Å². The summed E-state index contributed by atoms with van der Waals surface area (Å²) in [6, 6.07) is 6.43. The van der Waals surface area contributed by atoms with Crippen LogP contribution in [0.15, 0.2) is 29.3 Å². The highest BCUT2D eigenvalue weighted by molar-refractivity contribution is 6.03. The average Bonchev–Trinajstić information content (AvgIpc) is 2.57. The Labute approximate surface area is 152 Å². The van der Waals surface area contributed by atoms with E-state index >= 15 is 0 Å². The molecule has 8 heteroatoms. The summed E-state index contributed by atoms with van der Waals surface area (Å²) in [5, 5.41) is 0. The van der Waals surface area contributed by atoms with Gasteiger partial charge in [-0.2, -0.15) is 4.99 Å². The summed E-state index contributed by atoms with van der Waals surface area (Å²) in [7, 11) is 1.45. The first kappa shape index (κ1) is 21.3. The van der Waals surface area contributed by atoms with E-state index in [1.54, 1.807) is 24.3 Å². The van der Waals surface area contributed by atoms with Gasteiger partial charge in [-0.3, -0.25) is 4.79 Å². The topological polar surface area (TPSA) is 100 Å². The maximum atomic E-state index is 12.1. The van der Waals surface area contributed by atoms with Crippen LogP contribution in [0.25, 0.3) is 0 Å². The molecule has 0 radical (unpaired) electrons. The first-order valence-electron chi connectivity index (χ1n) is 7.94. The van der Waals surface area contributed by atoms with Crippen LogP contribution in [0, 0.1) is 0 Å². The Bertz CT molecular complexity index is 642. The van der Waals surface area contributed by atoms with Gasteiger partial charge in [-0.15, -0.1) is 0 Å². The Morgan fingerprint density at radius 2 is 1.73 bits per heavy atom. The normalized spacial score (nSPS) is 11.8. The van der Waals surface area contributed by atoms with Gasteiger partial charge in [0.05, 0.1) is 6.61 Å². The molecule has 0 spiro atoms. The summed E-state index contributed by atoms with van der Waals surface area (Å²) in [5.74, 6) is -0.724. The van der Waals surface area contributed by atoms with E-state index in [4.69, 9.17) is 18.9 Å². The predicted octanol–water partition coefficient (Wildman–Crippen LogP) is 1.71. The molecule has 0 saturated carbocycles. The molecule has 0 heterocycles. The first-order valence-corrected chi connectivity index (χ1v) is 7.94. The van der Waals surface area contributed by atoms with Gasteiger partial charge in [-0.25, -0.2) is 9.59 Å². The van der Waals surface area contributed by atoms with Crippen LogP contribution in [-0.2, 0) is 23.9 Å². The van der Waals surface area contributed by atoms with Gasteiger partial charge in [0.1, 0.15) is 30.3 Å². The molecule has 0 aliphatic rings. The summed E-state index contributed by atoms with van der Waals surface area (Å²) >= 11 is 0. The molecule has 1 atom stereocenters. The largest absolute Gasteiger partial charge is 0.488 e. The van der Waals surface area contributed by atoms with Crippen molar-refractivity contribution in [2.24, 2.45) is 4.99 Å². The number of nitrogens with zero attached hydrogens (tertiary/aromatic N) is 1. The van der Waals surface area contributed by atoms with Gasteiger partial charge in [0, 0.05) is 7.11 Å². The van der Waals surface area contributed by atoms with Crippen LogP contribution in [0.5, 0.6) is 11.5 Å². The molecule has 0 fully saturated rings. The van der Waals surface area contributed by atoms with E-state index in [0.717, 1.165) is 0 Å². The van der Waals surface area contributed by atoms with Crippen molar-refractivity contribution in [2.45, 2.75) is 32.5 Å². The number of benzene rings is 1. The Kier molecular flexibility index (Phi) is 8.48. The van der Waals surface area contributed by atoms with Crippen molar-refractivity contribution in [3.63, 3.8) is 0 Å². The third kappa shape index (κ3) is 7.92. The van der Waals surface area contributed by atoms with Crippen LogP contribution in [0.3, 0.4) is 0 Å². The third-order valence-electron chi connectivity index (χ3n) is 2.84. The number of ketones is 1. The van der Waals surface area contributed by atoms with Crippen molar-refractivity contribution in [1.82, 2.24) is 0 Å². The quantitative estimate of drug-likeness (QED) is 0.204. The fraction of sp³-hybridized carbons (Fsp3) is 0.500. The molecule has 1 unspecified atom stereocenters. The maximum Gasteiger partial charge on any atom is 0.355 e. The number of Topliss-reactive ketones (excluding diaryl/α,β-unsaturated/α-hetero) is 1. The molecule has 8 nitrogen and oxygen atoms in total. The van der Waals surface area contributed by atoms with Crippen LogP contribution in [0.2, 0.25) is 0 Å². The second-order valence-electron chi connectivity index (χ2n) is 6.22. The van der Waals surface area contributed by atoms with E-state index in [9.17, 15) is 14.4 Å². The first-order chi connectivity index (χ1) is 12.3. The molecule has 26 heavy (non-hydrogen) atoms. The van der Waals surface area contributed by atoms with E-state index in [-0.39, 0.29) is 24.6 Å². The number of methoxy groups -OCH3 is 1. The monoisotopic (exact) mass is 365 g/mol. The van der Waals surface area contributed by atoms with Crippen LogP contribution in [0.4, 0.5) is 0 Å². The zero-order chi connectivity index (χ0) is 19.6. The second kappa shape index (κ2) is 10.3. The minimum atomic E-state index is -1.54. The van der Waals surface area contributed by atoms with Gasteiger partial charge in [0.2, 0.25) is 11.9 Å². The van der Waals surface area contributed by atoms with Gasteiger partial charge < -0.3 is 18.9 Å². The molecule has 0 aromatic heterocycles. The highest BCUT2D eigenvalue weighted by Gasteiger charge is 2.30.